The van der Waals surface area contributed by atoms with Gasteiger partial charge in [0.1, 0.15) is 0 Å². The number of rotatable bonds is 1. The van der Waals surface area contributed by atoms with Crippen molar-refractivity contribution < 1.29 is 14.3 Å². The molecule has 0 aliphatic heterocycles. The predicted molar refractivity (Wildman–Crippen MR) is 60.3 cm³/mol. The van der Waals surface area contributed by atoms with E-state index < -0.39 is 11.9 Å². The summed E-state index contributed by atoms with van der Waals surface area (Å²) in [6.07, 6.45) is 0. The van der Waals surface area contributed by atoms with Gasteiger partial charge in [-0.1, -0.05) is 23.5 Å². The highest BCUT2D eigenvalue weighted by atomic mass is 32.1. The molecule has 2 rings (SSSR count). The summed E-state index contributed by atoms with van der Waals surface area (Å²) in [6, 6.07) is 7.46. The second-order valence-corrected chi connectivity index (χ2v) is 3.96. The molecule has 0 fully saturated rings. The summed E-state index contributed by atoms with van der Waals surface area (Å²) >= 11 is 1.30. The zero-order valence-electron chi connectivity index (χ0n) is 8.39. The van der Waals surface area contributed by atoms with Gasteiger partial charge in [0.2, 0.25) is 0 Å². The fourth-order valence-electron chi connectivity index (χ4n) is 1.17. The van der Waals surface area contributed by atoms with Crippen molar-refractivity contribution in [2.75, 3.05) is 12.4 Å². The van der Waals surface area contributed by atoms with E-state index in [-0.39, 0.29) is 0 Å². The Bertz CT molecular complexity index is 517. The van der Waals surface area contributed by atoms with E-state index in [0.29, 0.717) is 5.13 Å². The monoisotopic (exact) mass is 236 g/mol. The molecule has 82 valence electrons. The first-order chi connectivity index (χ1) is 7.70. The number of carbonyl (C=O) groups excluding carboxylic acids is 2. The average Bonchev–Trinajstić information content (AvgIpc) is 2.69. The van der Waals surface area contributed by atoms with Crippen LogP contribution in [0.4, 0.5) is 5.13 Å². The fourth-order valence-corrected chi connectivity index (χ4v) is 2.03. The largest absolute Gasteiger partial charge is 0.462 e. The molecule has 0 radical (unpaired) electrons. The summed E-state index contributed by atoms with van der Waals surface area (Å²) in [7, 11) is 1.15. The van der Waals surface area contributed by atoms with Crippen molar-refractivity contribution >= 4 is 38.6 Å². The molecule has 0 atom stereocenters. The molecule has 1 N–H and O–H groups in total. The van der Waals surface area contributed by atoms with Gasteiger partial charge in [0.15, 0.2) is 5.13 Å². The molecule has 0 aliphatic rings. The smallest absolute Gasteiger partial charge is 0.396 e. The first-order valence-electron chi connectivity index (χ1n) is 4.45. The van der Waals surface area contributed by atoms with E-state index in [1.807, 2.05) is 24.3 Å². The Balaban J connectivity index is 2.22. The first-order valence-corrected chi connectivity index (χ1v) is 5.27. The Kier molecular flexibility index (Phi) is 2.82. The van der Waals surface area contributed by atoms with Crippen molar-refractivity contribution in [3.63, 3.8) is 0 Å². The zero-order chi connectivity index (χ0) is 11.5. The van der Waals surface area contributed by atoms with Crippen LogP contribution in [0.2, 0.25) is 0 Å². The van der Waals surface area contributed by atoms with Gasteiger partial charge >= 0.3 is 11.9 Å². The van der Waals surface area contributed by atoms with Crippen molar-refractivity contribution in [3.05, 3.63) is 24.3 Å². The predicted octanol–water partition coefficient (Wildman–Crippen LogP) is 1.41. The van der Waals surface area contributed by atoms with Crippen LogP contribution in [0.15, 0.2) is 24.3 Å². The summed E-state index contributed by atoms with van der Waals surface area (Å²) < 4.78 is 5.23. The fraction of sp³-hybridized carbons (Fsp3) is 0.100. The molecule has 1 amide bonds. The third kappa shape index (κ3) is 2.01. The summed E-state index contributed by atoms with van der Waals surface area (Å²) in [5.74, 6) is -1.75. The SMILES string of the molecule is COC(=O)C(=O)Nc1nc2ccccc2s1. The lowest BCUT2D eigenvalue weighted by Gasteiger charge is -1.97. The van der Waals surface area contributed by atoms with E-state index in [1.54, 1.807) is 0 Å². The first kappa shape index (κ1) is 10.6. The molecule has 0 unspecified atom stereocenters. The van der Waals surface area contributed by atoms with E-state index in [1.165, 1.54) is 11.3 Å². The van der Waals surface area contributed by atoms with Crippen LogP contribution in [0, 0.1) is 0 Å². The molecule has 5 nitrogen and oxygen atoms in total. The van der Waals surface area contributed by atoms with E-state index in [9.17, 15) is 9.59 Å². The standard InChI is InChI=1S/C10H8N2O3S/c1-15-9(14)8(13)12-10-11-6-4-2-3-5-7(6)16-10/h2-5H,1H3,(H,11,12,13). The average molecular weight is 236 g/mol. The minimum Gasteiger partial charge on any atom is -0.462 e. The number of nitrogens with one attached hydrogen (secondary N) is 1. The number of para-hydroxylation sites is 1. The number of anilines is 1. The van der Waals surface area contributed by atoms with Gasteiger partial charge in [-0.05, 0) is 12.1 Å². The van der Waals surface area contributed by atoms with Crippen LogP contribution in [-0.4, -0.2) is 24.0 Å². The summed E-state index contributed by atoms with van der Waals surface area (Å²) in [5, 5.41) is 2.76. The highest BCUT2D eigenvalue weighted by Crippen LogP contribution is 2.25. The van der Waals surface area contributed by atoms with Gasteiger partial charge in [-0.25, -0.2) is 9.78 Å². The summed E-state index contributed by atoms with van der Waals surface area (Å²) in [4.78, 5) is 26.2. The number of hydrogen-bond donors (Lipinski definition) is 1. The Morgan fingerprint density at radius 1 is 1.38 bits per heavy atom. The maximum absolute atomic E-state index is 11.2. The van der Waals surface area contributed by atoms with Crippen LogP contribution < -0.4 is 5.32 Å². The number of hydrogen-bond acceptors (Lipinski definition) is 5. The van der Waals surface area contributed by atoms with Gasteiger partial charge in [-0.2, -0.15) is 0 Å². The number of amides is 1. The Morgan fingerprint density at radius 2 is 2.12 bits per heavy atom. The van der Waals surface area contributed by atoms with Crippen LogP contribution in [0.5, 0.6) is 0 Å². The molecular weight excluding hydrogens is 228 g/mol. The molecule has 16 heavy (non-hydrogen) atoms. The third-order valence-corrected chi connectivity index (χ3v) is 2.84. The maximum atomic E-state index is 11.2. The van der Waals surface area contributed by atoms with Crippen molar-refractivity contribution in [3.8, 4) is 0 Å². The number of carbonyl (C=O) groups is 2. The van der Waals surface area contributed by atoms with Crippen molar-refractivity contribution in [2.45, 2.75) is 0 Å². The van der Waals surface area contributed by atoms with Crippen molar-refractivity contribution in [1.29, 1.82) is 0 Å². The third-order valence-electron chi connectivity index (χ3n) is 1.89. The molecule has 0 saturated carbocycles. The lowest BCUT2D eigenvalue weighted by Crippen LogP contribution is -2.23. The second-order valence-electron chi connectivity index (χ2n) is 2.93. The quantitative estimate of drug-likeness (QED) is 0.600. The van der Waals surface area contributed by atoms with E-state index >= 15 is 0 Å². The van der Waals surface area contributed by atoms with Crippen LogP contribution in [0.25, 0.3) is 10.2 Å². The van der Waals surface area contributed by atoms with Crippen LogP contribution in [0.3, 0.4) is 0 Å². The van der Waals surface area contributed by atoms with Gasteiger partial charge in [0.25, 0.3) is 0 Å². The Hall–Kier alpha value is -1.95. The normalized spacial score (nSPS) is 10.1. The van der Waals surface area contributed by atoms with Gasteiger partial charge in [0.05, 0.1) is 17.3 Å². The number of methoxy groups -OCH3 is 1. The molecule has 6 heteroatoms. The topological polar surface area (TPSA) is 68.3 Å². The number of esters is 1. The molecule has 0 spiro atoms. The molecular formula is C10H8N2O3S. The number of aromatic nitrogens is 1. The molecule has 0 saturated heterocycles. The van der Waals surface area contributed by atoms with Crippen LogP contribution in [-0.2, 0) is 14.3 Å². The van der Waals surface area contributed by atoms with Gasteiger partial charge in [0, 0.05) is 0 Å². The maximum Gasteiger partial charge on any atom is 0.396 e. The van der Waals surface area contributed by atoms with Crippen molar-refractivity contribution in [2.24, 2.45) is 0 Å². The number of thiazole rings is 1. The minimum absolute atomic E-state index is 0.386. The van der Waals surface area contributed by atoms with Crippen molar-refractivity contribution in [1.82, 2.24) is 4.98 Å². The van der Waals surface area contributed by atoms with Gasteiger partial charge in [-0.15, -0.1) is 0 Å². The molecule has 0 aliphatic carbocycles. The Morgan fingerprint density at radius 3 is 2.81 bits per heavy atom. The highest BCUT2D eigenvalue weighted by Gasteiger charge is 2.15. The lowest BCUT2D eigenvalue weighted by atomic mass is 10.3. The number of benzene rings is 1. The minimum atomic E-state index is -0.931. The molecule has 1 aromatic carbocycles. The van der Waals surface area contributed by atoms with E-state index in [0.717, 1.165) is 17.3 Å². The van der Waals surface area contributed by atoms with Gasteiger partial charge in [-0.3, -0.25) is 10.1 Å². The van der Waals surface area contributed by atoms with Crippen LogP contribution in [0.1, 0.15) is 0 Å². The molecule has 1 aromatic heterocycles. The second kappa shape index (κ2) is 4.28. The zero-order valence-corrected chi connectivity index (χ0v) is 9.21. The molecule has 0 bridgehead atoms. The molecule has 2 aromatic rings. The van der Waals surface area contributed by atoms with Crippen LogP contribution >= 0.6 is 11.3 Å². The summed E-state index contributed by atoms with van der Waals surface area (Å²) in [5.41, 5.74) is 0.785. The van der Waals surface area contributed by atoms with E-state index in [4.69, 9.17) is 0 Å². The number of nitrogens with zero attached hydrogens (tertiary/aromatic N) is 1. The molecule has 1 heterocycles. The van der Waals surface area contributed by atoms with E-state index in [2.05, 4.69) is 15.0 Å². The van der Waals surface area contributed by atoms with Gasteiger partial charge < -0.3 is 4.74 Å². The Labute approximate surface area is 95.1 Å². The number of ether oxygens (including phenoxy) is 1. The lowest BCUT2D eigenvalue weighted by molar-refractivity contribution is -0.150. The highest BCUT2D eigenvalue weighted by molar-refractivity contribution is 7.22. The number of fused-ring (bicyclic) bond motifs is 1. The summed E-state index contributed by atoms with van der Waals surface area (Å²) in [6.45, 7) is 0.